The van der Waals surface area contributed by atoms with Gasteiger partial charge in [0.25, 0.3) is 0 Å². The first kappa shape index (κ1) is 44.8. The fourth-order valence-electron chi connectivity index (χ4n) is 6.62. The highest BCUT2D eigenvalue weighted by Gasteiger charge is 2.24. The molecule has 300 valence electrons. The van der Waals surface area contributed by atoms with Crippen LogP contribution in [0.15, 0.2) is 78.9 Å². The fourth-order valence-corrected chi connectivity index (χ4v) is 6.62. The van der Waals surface area contributed by atoms with Crippen molar-refractivity contribution >= 4 is 34.9 Å². The molecule has 4 aromatic rings. The molecule has 0 amide bonds. The lowest BCUT2D eigenvalue weighted by molar-refractivity contribution is 0.0683. The third-order valence-corrected chi connectivity index (χ3v) is 9.82. The smallest absolute Gasteiger partial charge is 0.336 e. The molecule has 10 heteroatoms. The van der Waals surface area contributed by atoms with Gasteiger partial charge in [0.05, 0.1) is 22.3 Å². The van der Waals surface area contributed by atoms with Crippen LogP contribution >= 0.6 is 0 Å². The lowest BCUT2D eigenvalue weighted by Crippen LogP contribution is -2.25. The van der Waals surface area contributed by atoms with Crippen LogP contribution in [0.4, 0.5) is 11.4 Å². The van der Waals surface area contributed by atoms with Gasteiger partial charge in [0.2, 0.25) is 0 Å². The molecule has 0 radical (unpaired) electrons. The molecule has 0 aliphatic carbocycles. The molecule has 0 saturated heterocycles. The SMILES string of the molecule is CCCCCCc1cccc(C(=O)O)c1C(=O)c1ccc(N(CC)CC)cc1O.CCCCN(CCCC)c1ccc(C(=O)c2ccccc2C(=O)O)c(O)c1. The number of anilines is 2. The Balaban J connectivity index is 0.000000301. The van der Waals surface area contributed by atoms with Crippen molar-refractivity contribution in [2.75, 3.05) is 36.0 Å². The van der Waals surface area contributed by atoms with Gasteiger partial charge in [-0.25, -0.2) is 9.59 Å². The van der Waals surface area contributed by atoms with Crippen molar-refractivity contribution in [1.82, 2.24) is 0 Å². The van der Waals surface area contributed by atoms with Crippen molar-refractivity contribution in [3.8, 4) is 11.5 Å². The molecular formula is C46H58N2O8. The molecule has 0 fully saturated rings. The third kappa shape index (κ3) is 11.9. The van der Waals surface area contributed by atoms with Crippen molar-refractivity contribution < 1.29 is 39.6 Å². The molecule has 56 heavy (non-hydrogen) atoms. The second-order valence-electron chi connectivity index (χ2n) is 13.7. The lowest BCUT2D eigenvalue weighted by atomic mass is 9.90. The average molecular weight is 767 g/mol. The zero-order valence-corrected chi connectivity index (χ0v) is 33.5. The number of carboxylic acid groups (broad SMARTS) is 2. The maximum atomic E-state index is 13.3. The van der Waals surface area contributed by atoms with Crippen LogP contribution in [0.2, 0.25) is 0 Å². The van der Waals surface area contributed by atoms with Crippen LogP contribution in [-0.4, -0.2) is 70.1 Å². The minimum absolute atomic E-state index is 0.0183. The lowest BCUT2D eigenvalue weighted by Gasteiger charge is -2.25. The van der Waals surface area contributed by atoms with Crippen LogP contribution in [0, 0.1) is 0 Å². The average Bonchev–Trinajstić information content (AvgIpc) is 3.19. The largest absolute Gasteiger partial charge is 0.507 e. The first-order chi connectivity index (χ1) is 26.9. The molecule has 0 aliphatic rings. The number of rotatable bonds is 21. The van der Waals surface area contributed by atoms with Gasteiger partial charge < -0.3 is 30.2 Å². The Morgan fingerprint density at radius 2 is 1.00 bits per heavy atom. The van der Waals surface area contributed by atoms with Crippen LogP contribution in [-0.2, 0) is 6.42 Å². The number of aromatic carboxylic acids is 2. The Bertz CT molecular complexity index is 1930. The Morgan fingerprint density at radius 3 is 1.50 bits per heavy atom. The molecule has 0 aliphatic heterocycles. The van der Waals surface area contributed by atoms with Crippen molar-refractivity contribution in [3.05, 3.63) is 118 Å². The van der Waals surface area contributed by atoms with E-state index in [-0.39, 0.29) is 44.9 Å². The normalized spacial score (nSPS) is 10.7. The number of carbonyl (C=O) groups is 4. The molecule has 0 saturated carbocycles. The van der Waals surface area contributed by atoms with E-state index < -0.39 is 23.5 Å². The van der Waals surface area contributed by atoms with Crippen molar-refractivity contribution in [1.29, 1.82) is 0 Å². The van der Waals surface area contributed by atoms with E-state index in [4.69, 9.17) is 0 Å². The zero-order valence-electron chi connectivity index (χ0n) is 33.5. The molecule has 0 heterocycles. The summed E-state index contributed by atoms with van der Waals surface area (Å²) < 4.78 is 0. The zero-order chi connectivity index (χ0) is 41.2. The summed E-state index contributed by atoms with van der Waals surface area (Å²) >= 11 is 0. The number of aromatic hydroxyl groups is 2. The second kappa shape index (κ2) is 22.7. The summed E-state index contributed by atoms with van der Waals surface area (Å²) in [6.45, 7) is 13.8. The maximum Gasteiger partial charge on any atom is 0.336 e. The number of phenols is 2. The number of unbranched alkanes of at least 4 members (excludes halogenated alkanes) is 5. The van der Waals surface area contributed by atoms with Crippen LogP contribution in [0.25, 0.3) is 0 Å². The van der Waals surface area contributed by atoms with Gasteiger partial charge in [0.15, 0.2) is 11.6 Å². The van der Waals surface area contributed by atoms with E-state index in [1.165, 1.54) is 18.2 Å². The summed E-state index contributed by atoms with van der Waals surface area (Å²) in [4.78, 5) is 53.5. The molecule has 0 aromatic heterocycles. The highest BCUT2D eigenvalue weighted by Crippen LogP contribution is 2.31. The van der Waals surface area contributed by atoms with Crippen molar-refractivity contribution in [2.24, 2.45) is 0 Å². The molecule has 0 bridgehead atoms. The quantitative estimate of drug-likeness (QED) is 0.0476. The van der Waals surface area contributed by atoms with Crippen LogP contribution in [0.3, 0.4) is 0 Å². The van der Waals surface area contributed by atoms with Gasteiger partial charge >= 0.3 is 11.9 Å². The van der Waals surface area contributed by atoms with E-state index in [0.717, 1.165) is 94.5 Å². The van der Waals surface area contributed by atoms with E-state index in [1.807, 2.05) is 26.0 Å². The molecule has 4 N–H and O–H groups in total. The third-order valence-electron chi connectivity index (χ3n) is 9.82. The topological polar surface area (TPSA) is 156 Å². The molecule has 10 nitrogen and oxygen atoms in total. The minimum Gasteiger partial charge on any atom is -0.507 e. The highest BCUT2D eigenvalue weighted by atomic mass is 16.4. The Morgan fingerprint density at radius 1 is 0.500 bits per heavy atom. The number of carbonyl (C=O) groups excluding carboxylic acids is 2. The van der Waals surface area contributed by atoms with Crippen LogP contribution < -0.4 is 9.80 Å². The maximum absolute atomic E-state index is 13.3. The van der Waals surface area contributed by atoms with Gasteiger partial charge in [-0.05, 0) is 81.5 Å². The van der Waals surface area contributed by atoms with Gasteiger partial charge in [0, 0.05) is 60.8 Å². The number of phenolic OH excluding ortho intramolecular Hbond substituents is 2. The number of ketones is 2. The molecule has 4 rings (SSSR count). The monoisotopic (exact) mass is 766 g/mol. The first-order valence-electron chi connectivity index (χ1n) is 19.9. The van der Waals surface area contributed by atoms with Gasteiger partial charge in [0.1, 0.15) is 11.5 Å². The van der Waals surface area contributed by atoms with E-state index in [0.29, 0.717) is 6.42 Å². The molecule has 4 aromatic carbocycles. The minimum atomic E-state index is -1.17. The number of hydrogen-bond donors (Lipinski definition) is 4. The number of carboxylic acids is 2. The summed E-state index contributed by atoms with van der Waals surface area (Å²) in [7, 11) is 0. The summed E-state index contributed by atoms with van der Waals surface area (Å²) in [5, 5.41) is 39.9. The predicted octanol–water partition coefficient (Wildman–Crippen LogP) is 10.0. The van der Waals surface area contributed by atoms with Crippen LogP contribution in [0.1, 0.15) is 144 Å². The van der Waals surface area contributed by atoms with Gasteiger partial charge in [-0.15, -0.1) is 0 Å². The Labute approximate surface area is 331 Å². The fraction of sp³-hybridized carbons (Fsp3) is 0.391. The standard InChI is InChI=1S/C24H31NO4.C22H27NO4/c1-4-7-8-9-11-17-12-10-13-20(24(28)29)22(17)23(27)19-15-14-18(16-21(19)26)25(5-2)6-3;1-3-5-13-23(14-6-4-2)16-11-12-19(20(24)15-16)21(25)17-9-7-8-10-18(17)22(26)27/h10,12-16,26H,4-9,11H2,1-3H3,(H,28,29);7-12,15,24H,3-6,13-14H2,1-2H3,(H,26,27). The van der Waals surface area contributed by atoms with E-state index in [9.17, 15) is 39.6 Å². The summed E-state index contributed by atoms with van der Waals surface area (Å²) in [5.41, 5.74) is 2.83. The van der Waals surface area contributed by atoms with Crippen molar-refractivity contribution in [2.45, 2.75) is 92.4 Å². The Kier molecular flexibility index (Phi) is 18.1. The molecule has 0 atom stereocenters. The molecule has 0 spiro atoms. The number of benzene rings is 4. The van der Waals surface area contributed by atoms with Gasteiger partial charge in [-0.3, -0.25) is 9.59 Å². The number of aryl methyl sites for hydroxylation is 1. The summed E-state index contributed by atoms with van der Waals surface area (Å²) in [6, 6.07) is 20.9. The predicted molar refractivity (Wildman–Crippen MR) is 223 cm³/mol. The van der Waals surface area contributed by atoms with E-state index in [2.05, 4.69) is 30.6 Å². The van der Waals surface area contributed by atoms with Gasteiger partial charge in [-0.2, -0.15) is 0 Å². The van der Waals surface area contributed by atoms with Crippen LogP contribution in [0.5, 0.6) is 11.5 Å². The van der Waals surface area contributed by atoms with Crippen molar-refractivity contribution in [3.63, 3.8) is 0 Å². The van der Waals surface area contributed by atoms with E-state index in [1.54, 1.807) is 48.5 Å². The Hall–Kier alpha value is -5.64. The molecule has 0 unspecified atom stereocenters. The van der Waals surface area contributed by atoms with Gasteiger partial charge in [-0.1, -0.05) is 83.2 Å². The molecular weight excluding hydrogens is 709 g/mol. The highest BCUT2D eigenvalue weighted by molar-refractivity contribution is 6.17. The van der Waals surface area contributed by atoms with E-state index >= 15 is 0 Å². The first-order valence-corrected chi connectivity index (χ1v) is 19.9. The summed E-state index contributed by atoms with van der Waals surface area (Å²) in [5.74, 6) is -3.50. The number of nitrogens with zero attached hydrogens (tertiary/aromatic N) is 2. The second-order valence-corrected chi connectivity index (χ2v) is 13.7. The number of hydrogen-bond acceptors (Lipinski definition) is 8. The summed E-state index contributed by atoms with van der Waals surface area (Å²) in [6.07, 6.45) is 9.04.